The van der Waals surface area contributed by atoms with Crippen LogP contribution in [-0.4, -0.2) is 44.0 Å². The quantitative estimate of drug-likeness (QED) is 0.745. The number of phenols is 1. The minimum absolute atomic E-state index is 0.180. The molecule has 1 heterocycles. The molecule has 1 fully saturated rings. The van der Waals surface area contributed by atoms with Gasteiger partial charge >= 0.3 is 6.18 Å². The van der Waals surface area contributed by atoms with Gasteiger partial charge in [0.1, 0.15) is 5.75 Å². The maximum absolute atomic E-state index is 12.8. The molecule has 0 atom stereocenters. The first kappa shape index (κ1) is 22.1. The van der Waals surface area contributed by atoms with E-state index < -0.39 is 39.1 Å². The van der Waals surface area contributed by atoms with E-state index in [0.29, 0.717) is 32.0 Å². The number of rotatable bonds is 5. The number of piperidine rings is 1. The number of phenolic OH excluding ortho intramolecular Hbond substituents is 1. The van der Waals surface area contributed by atoms with Gasteiger partial charge in [-0.05, 0) is 54.7 Å². The maximum Gasteiger partial charge on any atom is 0.416 e. The van der Waals surface area contributed by atoms with E-state index in [-0.39, 0.29) is 11.7 Å². The van der Waals surface area contributed by atoms with Crippen LogP contribution in [0.2, 0.25) is 0 Å². The Morgan fingerprint density at radius 2 is 1.73 bits per heavy atom. The molecule has 0 spiro atoms. The highest BCUT2D eigenvalue weighted by atomic mass is 32.2. The molecule has 2 aromatic carbocycles. The van der Waals surface area contributed by atoms with Crippen LogP contribution in [0.3, 0.4) is 0 Å². The van der Waals surface area contributed by atoms with Gasteiger partial charge in [0, 0.05) is 13.1 Å². The zero-order valence-electron chi connectivity index (χ0n) is 15.9. The molecule has 1 aliphatic rings. The van der Waals surface area contributed by atoms with E-state index in [2.05, 4.69) is 4.72 Å². The van der Waals surface area contributed by atoms with Crippen LogP contribution in [0.4, 0.5) is 13.2 Å². The van der Waals surface area contributed by atoms with Gasteiger partial charge in [0.2, 0.25) is 15.9 Å². The first-order chi connectivity index (χ1) is 14.1. The highest BCUT2D eigenvalue weighted by Crippen LogP contribution is 2.31. The zero-order valence-corrected chi connectivity index (χ0v) is 16.7. The number of halogens is 3. The number of carbonyl (C=O) groups excluding carboxylic acids is 1. The molecule has 0 unspecified atom stereocenters. The predicted octanol–water partition coefficient (Wildman–Crippen LogP) is 3.10. The lowest BCUT2D eigenvalue weighted by Crippen LogP contribution is -2.43. The van der Waals surface area contributed by atoms with Crippen molar-refractivity contribution in [2.24, 2.45) is 0 Å². The Labute approximate surface area is 172 Å². The van der Waals surface area contributed by atoms with Crippen LogP contribution in [0.5, 0.6) is 5.75 Å². The summed E-state index contributed by atoms with van der Waals surface area (Å²) in [6.07, 6.45) is -3.28. The van der Waals surface area contributed by atoms with Gasteiger partial charge in [0.25, 0.3) is 0 Å². The second-order valence-electron chi connectivity index (χ2n) is 7.10. The highest BCUT2D eigenvalue weighted by Gasteiger charge is 2.32. The van der Waals surface area contributed by atoms with E-state index in [4.69, 9.17) is 0 Å². The smallest absolute Gasteiger partial charge is 0.416 e. The molecule has 10 heteroatoms. The van der Waals surface area contributed by atoms with Gasteiger partial charge in [-0.2, -0.15) is 13.2 Å². The lowest BCUT2D eigenvalue weighted by Gasteiger charge is -2.32. The molecular formula is C20H21F3N2O4S. The lowest BCUT2D eigenvalue weighted by atomic mass is 9.89. The molecule has 162 valence electrons. The summed E-state index contributed by atoms with van der Waals surface area (Å²) in [5.74, 6) is -0.0226. The molecule has 0 bridgehead atoms. The first-order valence-electron chi connectivity index (χ1n) is 9.30. The minimum atomic E-state index is -4.66. The summed E-state index contributed by atoms with van der Waals surface area (Å²) in [7, 11) is -4.26. The van der Waals surface area contributed by atoms with Gasteiger partial charge in [-0.25, -0.2) is 13.1 Å². The van der Waals surface area contributed by atoms with Crippen molar-refractivity contribution in [3.8, 4) is 5.75 Å². The molecule has 1 saturated heterocycles. The number of hydrogen-bond donors (Lipinski definition) is 2. The second-order valence-corrected chi connectivity index (χ2v) is 8.86. The van der Waals surface area contributed by atoms with Crippen LogP contribution in [0.25, 0.3) is 0 Å². The summed E-state index contributed by atoms with van der Waals surface area (Å²) in [5.41, 5.74) is -0.0156. The van der Waals surface area contributed by atoms with E-state index >= 15 is 0 Å². The maximum atomic E-state index is 12.8. The number of aromatic hydroxyl groups is 1. The van der Waals surface area contributed by atoms with Crippen LogP contribution in [0.15, 0.2) is 53.4 Å². The largest absolute Gasteiger partial charge is 0.508 e. The van der Waals surface area contributed by atoms with Crippen molar-refractivity contribution in [1.82, 2.24) is 9.62 Å². The van der Waals surface area contributed by atoms with Crippen LogP contribution >= 0.6 is 0 Å². The molecule has 30 heavy (non-hydrogen) atoms. The summed E-state index contributed by atoms with van der Waals surface area (Å²) in [4.78, 5) is 13.4. The summed E-state index contributed by atoms with van der Waals surface area (Å²) in [6.45, 7) is 0.355. The fourth-order valence-electron chi connectivity index (χ4n) is 3.40. The molecule has 0 aromatic heterocycles. The van der Waals surface area contributed by atoms with Crippen molar-refractivity contribution in [2.75, 3.05) is 19.6 Å². The number of sulfonamides is 1. The molecule has 0 aliphatic carbocycles. The number of alkyl halides is 3. The Kier molecular flexibility index (Phi) is 6.37. The van der Waals surface area contributed by atoms with Crippen LogP contribution < -0.4 is 4.72 Å². The third-order valence-electron chi connectivity index (χ3n) is 5.10. The van der Waals surface area contributed by atoms with Crippen molar-refractivity contribution in [1.29, 1.82) is 0 Å². The standard InChI is InChI=1S/C20H21F3N2O4S/c21-20(22,23)16-2-1-3-18(12-16)30(28,29)24-13-19(27)25-10-8-15(9-11-25)14-4-6-17(26)7-5-14/h1-7,12,15,24,26H,8-11,13H2. The third kappa shape index (κ3) is 5.31. The SMILES string of the molecule is O=C(CNS(=O)(=O)c1cccc(C(F)(F)F)c1)N1CCC(c2ccc(O)cc2)CC1. The van der Waals surface area contributed by atoms with Crippen molar-refractivity contribution in [3.05, 3.63) is 59.7 Å². The van der Waals surface area contributed by atoms with E-state index in [1.165, 1.54) is 4.90 Å². The Morgan fingerprint density at radius 3 is 2.33 bits per heavy atom. The van der Waals surface area contributed by atoms with Crippen LogP contribution in [0, 0.1) is 0 Å². The van der Waals surface area contributed by atoms with Crippen molar-refractivity contribution >= 4 is 15.9 Å². The number of amides is 1. The topological polar surface area (TPSA) is 86.7 Å². The molecule has 1 amide bonds. The number of benzene rings is 2. The summed E-state index contributed by atoms with van der Waals surface area (Å²) >= 11 is 0. The first-order valence-corrected chi connectivity index (χ1v) is 10.8. The Morgan fingerprint density at radius 1 is 1.10 bits per heavy atom. The molecule has 0 saturated carbocycles. The molecule has 0 radical (unpaired) electrons. The number of hydrogen-bond acceptors (Lipinski definition) is 4. The summed E-state index contributed by atoms with van der Waals surface area (Å²) < 4.78 is 65.1. The minimum Gasteiger partial charge on any atom is -0.508 e. The van der Waals surface area contributed by atoms with Gasteiger partial charge in [0.05, 0.1) is 17.0 Å². The molecule has 2 aromatic rings. The highest BCUT2D eigenvalue weighted by molar-refractivity contribution is 7.89. The molecule has 6 nitrogen and oxygen atoms in total. The fraction of sp³-hybridized carbons (Fsp3) is 0.350. The molecular weight excluding hydrogens is 421 g/mol. The van der Waals surface area contributed by atoms with E-state index in [0.717, 1.165) is 23.8 Å². The molecule has 1 aliphatic heterocycles. The van der Waals surface area contributed by atoms with E-state index in [1.54, 1.807) is 12.1 Å². The normalized spacial score (nSPS) is 15.9. The third-order valence-corrected chi connectivity index (χ3v) is 6.50. The number of carbonyl (C=O) groups is 1. The van der Waals surface area contributed by atoms with Crippen LogP contribution in [0.1, 0.15) is 29.9 Å². The number of likely N-dealkylation sites (tertiary alicyclic amines) is 1. The Hall–Kier alpha value is -2.59. The van der Waals surface area contributed by atoms with Gasteiger partial charge in [-0.15, -0.1) is 0 Å². The predicted molar refractivity (Wildman–Crippen MR) is 103 cm³/mol. The van der Waals surface area contributed by atoms with E-state index in [9.17, 15) is 31.5 Å². The average Bonchev–Trinajstić information content (AvgIpc) is 2.72. The second kappa shape index (κ2) is 8.65. The van der Waals surface area contributed by atoms with Crippen molar-refractivity contribution in [2.45, 2.75) is 29.8 Å². The van der Waals surface area contributed by atoms with Gasteiger partial charge in [0.15, 0.2) is 0 Å². The van der Waals surface area contributed by atoms with Gasteiger partial charge < -0.3 is 10.0 Å². The summed E-state index contributed by atoms with van der Waals surface area (Å²) in [6, 6.07) is 10.3. The summed E-state index contributed by atoms with van der Waals surface area (Å²) in [5, 5.41) is 9.37. The van der Waals surface area contributed by atoms with Crippen molar-refractivity contribution < 1.29 is 31.5 Å². The monoisotopic (exact) mass is 442 g/mol. The number of nitrogens with zero attached hydrogens (tertiary/aromatic N) is 1. The number of nitrogens with one attached hydrogen (secondary N) is 1. The Balaban J connectivity index is 1.56. The fourth-order valence-corrected chi connectivity index (χ4v) is 4.42. The lowest BCUT2D eigenvalue weighted by molar-refractivity contribution is -0.137. The molecule has 2 N–H and O–H groups in total. The Bertz CT molecular complexity index is 999. The van der Waals surface area contributed by atoms with Crippen LogP contribution in [-0.2, 0) is 21.0 Å². The van der Waals surface area contributed by atoms with E-state index in [1.807, 2.05) is 12.1 Å². The zero-order chi connectivity index (χ0) is 21.9. The van der Waals surface area contributed by atoms with Gasteiger partial charge in [-0.3, -0.25) is 4.79 Å². The van der Waals surface area contributed by atoms with Gasteiger partial charge in [-0.1, -0.05) is 18.2 Å². The van der Waals surface area contributed by atoms with Crippen molar-refractivity contribution in [3.63, 3.8) is 0 Å². The average molecular weight is 442 g/mol. The molecule has 3 rings (SSSR count).